The SMILES string of the molecule is NS(=O)(=O)c1ccc(CCNC(=O)CN2CCc3ccccc32)cc1. The maximum absolute atomic E-state index is 12.1. The lowest BCUT2D eigenvalue weighted by Crippen LogP contribution is -2.37. The van der Waals surface area contributed by atoms with Crippen LogP contribution < -0.4 is 15.4 Å². The molecule has 3 rings (SSSR count). The van der Waals surface area contributed by atoms with Crippen LogP contribution >= 0.6 is 0 Å². The summed E-state index contributed by atoms with van der Waals surface area (Å²) in [6, 6.07) is 14.5. The summed E-state index contributed by atoms with van der Waals surface area (Å²) in [4.78, 5) is 14.3. The molecule has 0 saturated carbocycles. The van der Waals surface area contributed by atoms with Gasteiger partial charge in [0.25, 0.3) is 0 Å². The van der Waals surface area contributed by atoms with Gasteiger partial charge in [0.05, 0.1) is 11.4 Å². The first-order valence-electron chi connectivity index (χ1n) is 8.15. The zero-order valence-electron chi connectivity index (χ0n) is 13.8. The van der Waals surface area contributed by atoms with E-state index in [0.717, 1.165) is 24.2 Å². The van der Waals surface area contributed by atoms with E-state index in [0.29, 0.717) is 19.5 Å². The zero-order chi connectivity index (χ0) is 17.9. The topological polar surface area (TPSA) is 92.5 Å². The highest BCUT2D eigenvalue weighted by molar-refractivity contribution is 7.89. The highest BCUT2D eigenvalue weighted by Gasteiger charge is 2.20. The van der Waals surface area contributed by atoms with Crippen LogP contribution in [0.4, 0.5) is 5.69 Å². The Kier molecular flexibility index (Phi) is 5.06. The molecular weight excluding hydrogens is 338 g/mol. The van der Waals surface area contributed by atoms with Gasteiger partial charge in [-0.2, -0.15) is 0 Å². The molecule has 0 atom stereocenters. The Morgan fingerprint density at radius 3 is 2.56 bits per heavy atom. The monoisotopic (exact) mass is 359 g/mol. The maximum atomic E-state index is 12.1. The molecule has 3 N–H and O–H groups in total. The standard InChI is InChI=1S/C18H21N3O3S/c19-25(23,24)16-7-5-14(6-8-16)9-11-20-18(22)13-21-12-10-15-3-1-2-4-17(15)21/h1-8H,9-13H2,(H,20,22)(H2,19,23,24). The van der Waals surface area contributed by atoms with E-state index < -0.39 is 10.0 Å². The van der Waals surface area contributed by atoms with Crippen LogP contribution in [-0.4, -0.2) is 34.0 Å². The zero-order valence-corrected chi connectivity index (χ0v) is 14.6. The van der Waals surface area contributed by atoms with Crippen LogP contribution in [0, 0.1) is 0 Å². The van der Waals surface area contributed by atoms with Crippen molar-refractivity contribution < 1.29 is 13.2 Å². The summed E-state index contributed by atoms with van der Waals surface area (Å²) in [5.41, 5.74) is 3.36. The number of nitrogens with one attached hydrogen (secondary N) is 1. The molecule has 0 fully saturated rings. The van der Waals surface area contributed by atoms with E-state index in [1.807, 2.05) is 18.2 Å². The minimum Gasteiger partial charge on any atom is -0.362 e. The summed E-state index contributed by atoms with van der Waals surface area (Å²) >= 11 is 0. The average Bonchev–Trinajstić information content (AvgIpc) is 2.98. The predicted octanol–water partition coefficient (Wildman–Crippen LogP) is 1.06. The van der Waals surface area contributed by atoms with Crippen molar-refractivity contribution in [2.24, 2.45) is 5.14 Å². The van der Waals surface area contributed by atoms with Crippen LogP contribution in [0.1, 0.15) is 11.1 Å². The minimum absolute atomic E-state index is 0.0159. The van der Waals surface area contributed by atoms with Gasteiger partial charge >= 0.3 is 0 Å². The summed E-state index contributed by atoms with van der Waals surface area (Å²) < 4.78 is 22.4. The largest absolute Gasteiger partial charge is 0.362 e. The van der Waals surface area contributed by atoms with Gasteiger partial charge in [0.15, 0.2) is 0 Å². The first-order chi connectivity index (χ1) is 11.9. The van der Waals surface area contributed by atoms with Crippen LogP contribution in [0.25, 0.3) is 0 Å². The van der Waals surface area contributed by atoms with Gasteiger partial charge in [-0.15, -0.1) is 0 Å². The first-order valence-corrected chi connectivity index (χ1v) is 9.69. The van der Waals surface area contributed by atoms with E-state index in [2.05, 4.69) is 16.3 Å². The number of carbonyl (C=O) groups excluding carboxylic acids is 1. The number of carbonyl (C=O) groups is 1. The van der Waals surface area contributed by atoms with Crippen LogP contribution in [-0.2, 0) is 27.7 Å². The molecule has 2 aromatic rings. The fourth-order valence-electron chi connectivity index (χ4n) is 2.99. The van der Waals surface area contributed by atoms with Gasteiger partial charge in [-0.3, -0.25) is 4.79 Å². The van der Waals surface area contributed by atoms with Crippen LogP contribution in [0.5, 0.6) is 0 Å². The smallest absolute Gasteiger partial charge is 0.239 e. The Balaban J connectivity index is 1.47. The lowest BCUT2D eigenvalue weighted by Gasteiger charge is -2.18. The summed E-state index contributed by atoms with van der Waals surface area (Å²) in [6.07, 6.45) is 1.60. The number of anilines is 1. The number of hydrogen-bond acceptors (Lipinski definition) is 4. The van der Waals surface area contributed by atoms with Gasteiger partial charge in [-0.05, 0) is 42.2 Å². The molecule has 132 valence electrons. The number of hydrogen-bond donors (Lipinski definition) is 2. The molecule has 0 unspecified atom stereocenters. The van der Waals surface area contributed by atoms with Crippen molar-refractivity contribution in [3.05, 3.63) is 59.7 Å². The van der Waals surface area contributed by atoms with Crippen molar-refractivity contribution in [3.8, 4) is 0 Å². The summed E-state index contributed by atoms with van der Waals surface area (Å²) in [5.74, 6) is -0.0159. The maximum Gasteiger partial charge on any atom is 0.239 e. The number of rotatable bonds is 6. The number of amides is 1. The number of sulfonamides is 1. The Morgan fingerprint density at radius 1 is 1.12 bits per heavy atom. The van der Waals surface area contributed by atoms with Crippen molar-refractivity contribution in [1.82, 2.24) is 5.32 Å². The Bertz CT molecular complexity index is 863. The van der Waals surface area contributed by atoms with Crippen LogP contribution in [0.15, 0.2) is 53.4 Å². The number of benzene rings is 2. The van der Waals surface area contributed by atoms with E-state index >= 15 is 0 Å². The van der Waals surface area contributed by atoms with E-state index in [-0.39, 0.29) is 10.8 Å². The molecule has 2 aromatic carbocycles. The van der Waals surface area contributed by atoms with Crippen molar-refractivity contribution in [2.75, 3.05) is 24.5 Å². The quantitative estimate of drug-likeness (QED) is 0.806. The Morgan fingerprint density at radius 2 is 1.84 bits per heavy atom. The second-order valence-electron chi connectivity index (χ2n) is 6.09. The number of primary sulfonamides is 1. The Hall–Kier alpha value is -2.38. The van der Waals surface area contributed by atoms with Crippen molar-refractivity contribution in [3.63, 3.8) is 0 Å². The number of nitrogens with two attached hydrogens (primary N) is 1. The molecular formula is C18H21N3O3S. The molecule has 0 aliphatic carbocycles. The minimum atomic E-state index is -3.67. The fourth-order valence-corrected chi connectivity index (χ4v) is 3.51. The second-order valence-corrected chi connectivity index (χ2v) is 7.65. The van der Waals surface area contributed by atoms with Gasteiger partial charge < -0.3 is 10.2 Å². The second kappa shape index (κ2) is 7.25. The van der Waals surface area contributed by atoms with Gasteiger partial charge in [0, 0.05) is 18.8 Å². The van der Waals surface area contributed by atoms with Crippen LogP contribution in [0.3, 0.4) is 0 Å². The van der Waals surface area contributed by atoms with Gasteiger partial charge in [0.2, 0.25) is 15.9 Å². The summed E-state index contributed by atoms with van der Waals surface area (Å²) in [7, 11) is -3.67. The van der Waals surface area contributed by atoms with Gasteiger partial charge in [-0.25, -0.2) is 13.6 Å². The molecule has 1 amide bonds. The third-order valence-corrected chi connectivity index (χ3v) is 5.23. The average molecular weight is 359 g/mol. The van der Waals surface area contributed by atoms with Gasteiger partial charge in [-0.1, -0.05) is 30.3 Å². The van der Waals surface area contributed by atoms with E-state index in [1.165, 1.54) is 17.7 Å². The molecule has 1 heterocycles. The molecule has 1 aliphatic heterocycles. The highest BCUT2D eigenvalue weighted by atomic mass is 32.2. The third-order valence-electron chi connectivity index (χ3n) is 4.31. The third kappa shape index (κ3) is 4.37. The number of nitrogens with zero attached hydrogens (tertiary/aromatic N) is 1. The number of para-hydroxylation sites is 1. The molecule has 0 aromatic heterocycles. The first kappa shape index (κ1) is 17.4. The molecule has 1 aliphatic rings. The Labute approximate surface area is 147 Å². The van der Waals surface area contributed by atoms with Gasteiger partial charge in [0.1, 0.15) is 0 Å². The summed E-state index contributed by atoms with van der Waals surface area (Å²) in [6.45, 7) is 1.71. The van der Waals surface area contributed by atoms with E-state index in [4.69, 9.17) is 5.14 Å². The molecule has 0 bridgehead atoms. The van der Waals surface area contributed by atoms with E-state index in [1.54, 1.807) is 12.1 Å². The molecule has 0 radical (unpaired) electrons. The normalized spacial score (nSPS) is 13.6. The van der Waals surface area contributed by atoms with E-state index in [9.17, 15) is 13.2 Å². The lowest BCUT2D eigenvalue weighted by molar-refractivity contribution is -0.119. The molecule has 25 heavy (non-hydrogen) atoms. The fraction of sp³-hybridized carbons (Fsp3) is 0.278. The summed E-state index contributed by atoms with van der Waals surface area (Å²) in [5, 5.41) is 7.98. The van der Waals surface area contributed by atoms with Crippen molar-refractivity contribution in [2.45, 2.75) is 17.7 Å². The molecule has 6 nitrogen and oxygen atoms in total. The molecule has 0 saturated heterocycles. The predicted molar refractivity (Wildman–Crippen MR) is 96.9 cm³/mol. The molecule has 0 spiro atoms. The van der Waals surface area contributed by atoms with Crippen molar-refractivity contribution >= 4 is 21.6 Å². The highest BCUT2D eigenvalue weighted by Crippen LogP contribution is 2.26. The van der Waals surface area contributed by atoms with Crippen LogP contribution in [0.2, 0.25) is 0 Å². The van der Waals surface area contributed by atoms with Crippen molar-refractivity contribution in [1.29, 1.82) is 0 Å². The number of fused-ring (bicyclic) bond motifs is 1. The lowest BCUT2D eigenvalue weighted by atomic mass is 10.1. The molecule has 7 heteroatoms.